The van der Waals surface area contributed by atoms with E-state index in [9.17, 15) is 0 Å². The highest BCUT2D eigenvalue weighted by molar-refractivity contribution is 5.95. The number of amidine groups is 1. The lowest BCUT2D eigenvalue weighted by Gasteiger charge is -2.35. The number of anilines is 1. The van der Waals surface area contributed by atoms with Crippen LogP contribution in [0.1, 0.15) is 38.3 Å². The van der Waals surface area contributed by atoms with E-state index < -0.39 is 0 Å². The van der Waals surface area contributed by atoms with E-state index in [2.05, 4.69) is 29.0 Å². The number of hydrogen-bond acceptors (Lipinski definition) is 4. The van der Waals surface area contributed by atoms with Crippen LogP contribution in [0.5, 0.6) is 0 Å². The lowest BCUT2D eigenvalue weighted by molar-refractivity contribution is 0.318. The average Bonchev–Trinajstić information content (AvgIpc) is 2.45. The van der Waals surface area contributed by atoms with Crippen molar-refractivity contribution in [1.82, 2.24) is 4.98 Å². The number of aromatic nitrogens is 1. The van der Waals surface area contributed by atoms with Gasteiger partial charge in [-0.2, -0.15) is 0 Å². The van der Waals surface area contributed by atoms with Gasteiger partial charge < -0.3 is 15.8 Å². The van der Waals surface area contributed by atoms with Gasteiger partial charge in [-0.3, -0.25) is 0 Å². The number of rotatable bonds is 3. The SMILES string of the molecule is CC1CCCC(N(C)c2cccc(C(N)=NO)n2)C1. The summed E-state index contributed by atoms with van der Waals surface area (Å²) in [5.74, 6) is 1.70. The molecule has 2 rings (SSSR count). The molecule has 0 spiro atoms. The average molecular weight is 262 g/mol. The topological polar surface area (TPSA) is 74.7 Å². The van der Waals surface area contributed by atoms with Crippen LogP contribution >= 0.6 is 0 Å². The Morgan fingerprint density at radius 1 is 1.47 bits per heavy atom. The minimum Gasteiger partial charge on any atom is -0.409 e. The second-order valence-electron chi connectivity index (χ2n) is 5.40. The van der Waals surface area contributed by atoms with E-state index in [1.807, 2.05) is 12.1 Å². The Morgan fingerprint density at radius 3 is 2.95 bits per heavy atom. The summed E-state index contributed by atoms with van der Waals surface area (Å²) < 4.78 is 0. The van der Waals surface area contributed by atoms with Crippen molar-refractivity contribution < 1.29 is 5.21 Å². The van der Waals surface area contributed by atoms with Gasteiger partial charge in [-0.15, -0.1) is 0 Å². The highest BCUT2D eigenvalue weighted by Gasteiger charge is 2.23. The van der Waals surface area contributed by atoms with Gasteiger partial charge in [-0.1, -0.05) is 31.0 Å². The molecule has 0 saturated heterocycles. The van der Waals surface area contributed by atoms with E-state index >= 15 is 0 Å². The predicted molar refractivity (Wildman–Crippen MR) is 76.6 cm³/mol. The van der Waals surface area contributed by atoms with Gasteiger partial charge >= 0.3 is 0 Å². The molecule has 1 saturated carbocycles. The lowest BCUT2D eigenvalue weighted by Crippen LogP contribution is -2.36. The lowest BCUT2D eigenvalue weighted by atomic mass is 9.86. The van der Waals surface area contributed by atoms with Crippen LogP contribution in [0, 0.1) is 5.92 Å². The first-order valence-corrected chi connectivity index (χ1v) is 6.79. The Morgan fingerprint density at radius 2 is 2.26 bits per heavy atom. The monoisotopic (exact) mass is 262 g/mol. The third-order valence-corrected chi connectivity index (χ3v) is 3.92. The van der Waals surface area contributed by atoms with Crippen molar-refractivity contribution in [2.24, 2.45) is 16.8 Å². The molecule has 0 radical (unpaired) electrons. The van der Waals surface area contributed by atoms with Crippen molar-refractivity contribution in [3.8, 4) is 0 Å². The molecule has 1 heterocycles. The second-order valence-corrected chi connectivity index (χ2v) is 5.40. The van der Waals surface area contributed by atoms with Crippen molar-refractivity contribution in [3.63, 3.8) is 0 Å². The molecule has 5 heteroatoms. The summed E-state index contributed by atoms with van der Waals surface area (Å²) in [5.41, 5.74) is 6.09. The van der Waals surface area contributed by atoms with Gasteiger partial charge in [-0.05, 0) is 30.9 Å². The molecule has 1 aliphatic carbocycles. The summed E-state index contributed by atoms with van der Waals surface area (Å²) in [6, 6.07) is 6.13. The molecule has 1 aromatic rings. The summed E-state index contributed by atoms with van der Waals surface area (Å²) in [4.78, 5) is 6.67. The smallest absolute Gasteiger partial charge is 0.188 e. The zero-order valence-electron chi connectivity index (χ0n) is 11.6. The first kappa shape index (κ1) is 13.6. The predicted octanol–water partition coefficient (Wildman–Crippen LogP) is 2.19. The molecule has 1 fully saturated rings. The van der Waals surface area contributed by atoms with Gasteiger partial charge in [0.2, 0.25) is 0 Å². The molecule has 104 valence electrons. The fraction of sp³-hybridized carbons (Fsp3) is 0.571. The molecule has 2 atom stereocenters. The van der Waals surface area contributed by atoms with Crippen LogP contribution in [0.2, 0.25) is 0 Å². The van der Waals surface area contributed by atoms with Gasteiger partial charge in [0.05, 0.1) is 0 Å². The van der Waals surface area contributed by atoms with Crippen LogP contribution in [-0.2, 0) is 0 Å². The quantitative estimate of drug-likeness (QED) is 0.379. The zero-order chi connectivity index (χ0) is 13.8. The molecule has 0 aromatic carbocycles. The Bertz CT molecular complexity index is 461. The Kier molecular flexibility index (Phi) is 4.24. The first-order chi connectivity index (χ1) is 9.11. The molecular formula is C14H22N4O. The van der Waals surface area contributed by atoms with Gasteiger partial charge in [-0.25, -0.2) is 4.98 Å². The maximum absolute atomic E-state index is 8.71. The second kappa shape index (κ2) is 5.91. The largest absolute Gasteiger partial charge is 0.409 e. The summed E-state index contributed by atoms with van der Waals surface area (Å²) in [7, 11) is 2.07. The third-order valence-electron chi connectivity index (χ3n) is 3.92. The number of oxime groups is 1. The summed E-state index contributed by atoms with van der Waals surface area (Å²) in [6.45, 7) is 2.31. The normalized spacial score (nSPS) is 24.2. The molecule has 0 aliphatic heterocycles. The van der Waals surface area contributed by atoms with Crippen LogP contribution in [0.25, 0.3) is 0 Å². The maximum Gasteiger partial charge on any atom is 0.188 e. The summed E-state index contributed by atoms with van der Waals surface area (Å²) in [6.07, 6.45) is 5.00. The summed E-state index contributed by atoms with van der Waals surface area (Å²) >= 11 is 0. The molecule has 3 N–H and O–H groups in total. The Balaban J connectivity index is 2.16. The van der Waals surface area contributed by atoms with Gasteiger partial charge in [0.25, 0.3) is 0 Å². The van der Waals surface area contributed by atoms with E-state index in [0.29, 0.717) is 11.7 Å². The van der Waals surface area contributed by atoms with Crippen LogP contribution in [0.4, 0.5) is 5.82 Å². The number of nitrogens with two attached hydrogens (primary N) is 1. The van der Waals surface area contributed by atoms with Crippen LogP contribution in [0.3, 0.4) is 0 Å². The molecule has 0 amide bonds. The fourth-order valence-electron chi connectivity index (χ4n) is 2.75. The molecule has 1 aromatic heterocycles. The van der Waals surface area contributed by atoms with Crippen molar-refractivity contribution >= 4 is 11.7 Å². The van der Waals surface area contributed by atoms with Crippen molar-refractivity contribution in [1.29, 1.82) is 0 Å². The van der Waals surface area contributed by atoms with Crippen LogP contribution < -0.4 is 10.6 Å². The number of nitrogens with zero attached hydrogens (tertiary/aromatic N) is 3. The van der Waals surface area contributed by atoms with Crippen LogP contribution in [-0.4, -0.2) is 29.1 Å². The van der Waals surface area contributed by atoms with Gasteiger partial charge in [0.1, 0.15) is 11.5 Å². The minimum atomic E-state index is 0.0484. The van der Waals surface area contributed by atoms with Crippen molar-refractivity contribution in [3.05, 3.63) is 23.9 Å². The molecule has 5 nitrogen and oxygen atoms in total. The third kappa shape index (κ3) is 3.16. The molecule has 19 heavy (non-hydrogen) atoms. The molecule has 2 unspecified atom stereocenters. The highest BCUT2D eigenvalue weighted by atomic mass is 16.4. The van der Waals surface area contributed by atoms with E-state index in [1.165, 1.54) is 25.7 Å². The van der Waals surface area contributed by atoms with Gasteiger partial charge in [0, 0.05) is 13.1 Å². The standard InChI is InChI=1S/C14H22N4O/c1-10-5-3-6-11(9-10)18(2)13-8-4-7-12(16-13)14(15)17-19/h4,7-8,10-11,19H,3,5-6,9H2,1-2H3,(H2,15,17). The van der Waals surface area contributed by atoms with Crippen LogP contribution in [0.15, 0.2) is 23.4 Å². The van der Waals surface area contributed by atoms with E-state index in [1.54, 1.807) is 6.07 Å². The maximum atomic E-state index is 8.71. The highest BCUT2D eigenvalue weighted by Crippen LogP contribution is 2.28. The van der Waals surface area contributed by atoms with Crippen molar-refractivity contribution in [2.45, 2.75) is 38.6 Å². The number of pyridine rings is 1. The Labute approximate surface area is 114 Å². The van der Waals surface area contributed by atoms with E-state index in [4.69, 9.17) is 10.9 Å². The van der Waals surface area contributed by atoms with Gasteiger partial charge in [0.15, 0.2) is 5.84 Å². The van der Waals surface area contributed by atoms with E-state index in [0.717, 1.165) is 11.7 Å². The number of hydrogen-bond donors (Lipinski definition) is 2. The zero-order valence-corrected chi connectivity index (χ0v) is 11.6. The molecule has 1 aliphatic rings. The van der Waals surface area contributed by atoms with E-state index in [-0.39, 0.29) is 5.84 Å². The minimum absolute atomic E-state index is 0.0484. The first-order valence-electron chi connectivity index (χ1n) is 6.79. The van der Waals surface area contributed by atoms with Crippen molar-refractivity contribution in [2.75, 3.05) is 11.9 Å². The fourth-order valence-corrected chi connectivity index (χ4v) is 2.75. The summed E-state index contributed by atoms with van der Waals surface area (Å²) in [5, 5.41) is 11.7. The molecular weight excluding hydrogens is 240 g/mol. The Hall–Kier alpha value is -1.78. The molecule has 0 bridgehead atoms.